The standard InChI is InChI=1S/C26H32FNO5/c1-15-19(12-17(13-21(15)27)23(30)33-26(5,6)7)18-10-9-16(11-20(18)24(31)32-8)22(29)28-14-25(2,3)4/h9-13H,14H2,1-8H3,(H,28,29). The molecule has 0 spiro atoms. The summed E-state index contributed by atoms with van der Waals surface area (Å²) in [5, 5.41) is 2.84. The third kappa shape index (κ3) is 6.88. The Morgan fingerprint density at radius 3 is 2.09 bits per heavy atom. The van der Waals surface area contributed by atoms with Crippen LogP contribution in [0.2, 0.25) is 0 Å². The lowest BCUT2D eigenvalue weighted by Crippen LogP contribution is -2.32. The second-order valence-electron chi connectivity index (χ2n) is 10.1. The Morgan fingerprint density at radius 2 is 1.55 bits per heavy atom. The van der Waals surface area contributed by atoms with Gasteiger partial charge in [0.1, 0.15) is 11.4 Å². The van der Waals surface area contributed by atoms with Crippen molar-refractivity contribution in [1.29, 1.82) is 0 Å². The van der Waals surface area contributed by atoms with E-state index in [0.29, 0.717) is 17.7 Å². The van der Waals surface area contributed by atoms with Gasteiger partial charge in [-0.2, -0.15) is 0 Å². The van der Waals surface area contributed by atoms with Gasteiger partial charge in [-0.3, -0.25) is 4.79 Å². The zero-order valence-corrected chi connectivity index (χ0v) is 20.5. The largest absolute Gasteiger partial charge is 0.465 e. The van der Waals surface area contributed by atoms with Crippen LogP contribution in [-0.2, 0) is 9.47 Å². The fraction of sp³-hybridized carbons (Fsp3) is 0.423. The van der Waals surface area contributed by atoms with Gasteiger partial charge >= 0.3 is 11.9 Å². The van der Waals surface area contributed by atoms with E-state index in [1.165, 1.54) is 19.2 Å². The molecule has 178 valence electrons. The number of benzene rings is 2. The van der Waals surface area contributed by atoms with Crippen molar-refractivity contribution >= 4 is 17.8 Å². The first-order valence-electron chi connectivity index (χ1n) is 10.7. The first kappa shape index (κ1) is 26.0. The van der Waals surface area contributed by atoms with Crippen LogP contribution in [0.4, 0.5) is 4.39 Å². The lowest BCUT2D eigenvalue weighted by atomic mass is 9.92. The molecule has 2 aromatic rings. The minimum Gasteiger partial charge on any atom is -0.465 e. The summed E-state index contributed by atoms with van der Waals surface area (Å²) < 4.78 is 25.0. The van der Waals surface area contributed by atoms with Crippen molar-refractivity contribution in [2.24, 2.45) is 5.41 Å². The number of rotatable bonds is 5. The molecule has 0 unspecified atom stereocenters. The quantitative estimate of drug-likeness (QED) is 0.615. The average molecular weight is 458 g/mol. The lowest BCUT2D eigenvalue weighted by Gasteiger charge is -2.20. The van der Waals surface area contributed by atoms with Crippen LogP contribution in [-0.4, -0.2) is 37.1 Å². The summed E-state index contributed by atoms with van der Waals surface area (Å²) >= 11 is 0. The van der Waals surface area contributed by atoms with Crippen LogP contribution in [0.1, 0.15) is 78.2 Å². The summed E-state index contributed by atoms with van der Waals surface area (Å²) in [7, 11) is 1.23. The number of halogens is 1. The van der Waals surface area contributed by atoms with Gasteiger partial charge in [-0.15, -0.1) is 0 Å². The Labute approximate surface area is 194 Å². The normalized spacial score (nSPS) is 11.7. The third-order valence-corrected chi connectivity index (χ3v) is 4.74. The number of amides is 1. The number of carbonyl (C=O) groups is 3. The predicted molar refractivity (Wildman–Crippen MR) is 125 cm³/mol. The van der Waals surface area contributed by atoms with Crippen molar-refractivity contribution in [2.45, 2.75) is 54.1 Å². The molecule has 2 aromatic carbocycles. The molecule has 0 atom stereocenters. The molecule has 1 amide bonds. The maximum absolute atomic E-state index is 14.8. The van der Waals surface area contributed by atoms with Gasteiger partial charge in [0.05, 0.1) is 18.2 Å². The van der Waals surface area contributed by atoms with Crippen LogP contribution in [0.5, 0.6) is 0 Å². The van der Waals surface area contributed by atoms with Gasteiger partial charge in [0, 0.05) is 12.1 Å². The van der Waals surface area contributed by atoms with E-state index in [0.717, 1.165) is 6.07 Å². The number of esters is 2. The van der Waals surface area contributed by atoms with Crippen LogP contribution in [0.25, 0.3) is 11.1 Å². The van der Waals surface area contributed by atoms with Crippen molar-refractivity contribution < 1.29 is 28.2 Å². The van der Waals surface area contributed by atoms with E-state index >= 15 is 0 Å². The SMILES string of the molecule is COC(=O)c1cc(C(=O)NCC(C)(C)C)ccc1-c1cc(C(=O)OC(C)(C)C)cc(F)c1C. The third-order valence-electron chi connectivity index (χ3n) is 4.74. The highest BCUT2D eigenvalue weighted by molar-refractivity contribution is 6.03. The number of nitrogens with one attached hydrogen (secondary N) is 1. The number of hydrogen-bond donors (Lipinski definition) is 1. The highest BCUT2D eigenvalue weighted by atomic mass is 19.1. The van der Waals surface area contributed by atoms with Gasteiger partial charge in [-0.1, -0.05) is 26.8 Å². The Morgan fingerprint density at radius 1 is 0.909 bits per heavy atom. The molecule has 0 bridgehead atoms. The first-order chi connectivity index (χ1) is 15.1. The molecule has 7 heteroatoms. The van der Waals surface area contributed by atoms with Gasteiger partial charge in [-0.05, 0) is 74.1 Å². The monoisotopic (exact) mass is 457 g/mol. The van der Waals surface area contributed by atoms with Crippen molar-refractivity contribution in [3.63, 3.8) is 0 Å². The predicted octanol–water partition coefficient (Wildman–Crippen LogP) is 5.32. The number of hydrogen-bond acceptors (Lipinski definition) is 5. The number of methoxy groups -OCH3 is 1. The highest BCUT2D eigenvalue weighted by Gasteiger charge is 2.24. The molecule has 6 nitrogen and oxygen atoms in total. The summed E-state index contributed by atoms with van der Waals surface area (Å²) in [6, 6.07) is 7.11. The summed E-state index contributed by atoms with van der Waals surface area (Å²) in [6.45, 7) is 13.1. The summed E-state index contributed by atoms with van der Waals surface area (Å²) in [5.41, 5.74) is 0.432. The molecule has 0 saturated heterocycles. The van der Waals surface area contributed by atoms with Gasteiger partial charge in [0.25, 0.3) is 5.91 Å². The van der Waals surface area contributed by atoms with E-state index < -0.39 is 23.4 Å². The molecule has 0 heterocycles. The maximum atomic E-state index is 14.8. The minimum absolute atomic E-state index is 0.0193. The van der Waals surface area contributed by atoms with Gasteiger partial charge in [-0.25, -0.2) is 14.0 Å². The molecule has 0 radical (unpaired) electrons. The van der Waals surface area contributed by atoms with Crippen LogP contribution in [0.15, 0.2) is 30.3 Å². The molecule has 2 rings (SSSR count). The van der Waals surface area contributed by atoms with Crippen molar-refractivity contribution in [2.75, 3.05) is 13.7 Å². The van der Waals surface area contributed by atoms with Gasteiger partial charge in [0.2, 0.25) is 0 Å². The summed E-state index contributed by atoms with van der Waals surface area (Å²) in [4.78, 5) is 37.7. The van der Waals surface area contributed by atoms with Crippen LogP contribution >= 0.6 is 0 Å². The van der Waals surface area contributed by atoms with Crippen molar-refractivity contribution in [3.05, 3.63) is 58.4 Å². The van der Waals surface area contributed by atoms with E-state index in [2.05, 4.69) is 5.32 Å². The number of ether oxygens (including phenoxy) is 2. The smallest absolute Gasteiger partial charge is 0.338 e. The van der Waals surface area contributed by atoms with E-state index in [9.17, 15) is 18.8 Å². The Bertz CT molecular complexity index is 1080. The Kier molecular flexibility index (Phi) is 7.68. The average Bonchev–Trinajstić information content (AvgIpc) is 2.71. The second kappa shape index (κ2) is 9.73. The highest BCUT2D eigenvalue weighted by Crippen LogP contribution is 2.32. The Hall–Kier alpha value is -3.22. The van der Waals surface area contributed by atoms with E-state index in [-0.39, 0.29) is 33.6 Å². The molecule has 33 heavy (non-hydrogen) atoms. The van der Waals surface area contributed by atoms with Gasteiger partial charge < -0.3 is 14.8 Å². The molecule has 0 aromatic heterocycles. The summed E-state index contributed by atoms with van der Waals surface area (Å²) in [5.74, 6) is -2.32. The molecule has 0 fully saturated rings. The van der Waals surface area contributed by atoms with Crippen LogP contribution in [0, 0.1) is 18.2 Å². The topological polar surface area (TPSA) is 81.7 Å². The van der Waals surface area contributed by atoms with Crippen molar-refractivity contribution in [3.8, 4) is 11.1 Å². The molecular formula is C26H32FNO5. The fourth-order valence-electron chi connectivity index (χ4n) is 3.06. The molecule has 0 saturated carbocycles. The molecular weight excluding hydrogens is 425 g/mol. The first-order valence-corrected chi connectivity index (χ1v) is 10.7. The zero-order chi connectivity index (χ0) is 25.1. The molecule has 1 N–H and O–H groups in total. The van der Waals surface area contributed by atoms with E-state index in [4.69, 9.17) is 9.47 Å². The van der Waals surface area contributed by atoms with Crippen molar-refractivity contribution in [1.82, 2.24) is 5.32 Å². The van der Waals surface area contributed by atoms with Gasteiger partial charge in [0.15, 0.2) is 0 Å². The Balaban J connectivity index is 2.58. The fourth-order valence-corrected chi connectivity index (χ4v) is 3.06. The van der Waals surface area contributed by atoms with E-state index in [1.807, 2.05) is 20.8 Å². The molecule has 0 aliphatic heterocycles. The van der Waals surface area contributed by atoms with Crippen LogP contribution in [0.3, 0.4) is 0 Å². The zero-order valence-electron chi connectivity index (χ0n) is 20.5. The molecule has 0 aliphatic rings. The minimum atomic E-state index is -0.752. The molecule has 0 aliphatic carbocycles. The van der Waals surface area contributed by atoms with E-state index in [1.54, 1.807) is 39.8 Å². The van der Waals surface area contributed by atoms with Crippen LogP contribution < -0.4 is 5.32 Å². The lowest BCUT2D eigenvalue weighted by molar-refractivity contribution is 0.00687. The summed E-state index contributed by atoms with van der Waals surface area (Å²) in [6.07, 6.45) is 0. The number of carbonyl (C=O) groups excluding carboxylic acids is 3. The maximum Gasteiger partial charge on any atom is 0.338 e. The second-order valence-corrected chi connectivity index (χ2v) is 10.1.